The second-order valence-electron chi connectivity index (χ2n) is 6.08. The van der Waals surface area contributed by atoms with Gasteiger partial charge in [0.25, 0.3) is 5.91 Å². The molecule has 0 unspecified atom stereocenters. The van der Waals surface area contributed by atoms with E-state index in [2.05, 4.69) is 9.97 Å². The fraction of sp³-hybridized carbons (Fsp3) is 0.294. The highest BCUT2D eigenvalue weighted by Crippen LogP contribution is 2.33. The van der Waals surface area contributed by atoms with E-state index in [1.54, 1.807) is 22.8 Å². The minimum atomic E-state index is -0.575. The van der Waals surface area contributed by atoms with Crippen LogP contribution >= 0.6 is 0 Å². The summed E-state index contributed by atoms with van der Waals surface area (Å²) >= 11 is 0. The van der Waals surface area contributed by atoms with Crippen LogP contribution in [-0.4, -0.2) is 31.9 Å². The number of benzene rings is 1. The minimum absolute atomic E-state index is 0.0703. The first kappa shape index (κ1) is 14.9. The molecule has 0 spiro atoms. The normalized spacial score (nSPS) is 14.5. The summed E-state index contributed by atoms with van der Waals surface area (Å²) < 4.78 is 30.1. The van der Waals surface area contributed by atoms with E-state index in [0.29, 0.717) is 25.2 Å². The molecule has 0 saturated carbocycles. The second-order valence-corrected chi connectivity index (χ2v) is 6.08. The topological polar surface area (TPSA) is 53.9 Å². The molecule has 2 aromatic heterocycles. The van der Waals surface area contributed by atoms with Gasteiger partial charge in [-0.1, -0.05) is 0 Å². The number of nitrogens with one attached hydrogen (secondary N) is 1. The van der Waals surface area contributed by atoms with Crippen LogP contribution < -0.4 is 0 Å². The van der Waals surface area contributed by atoms with E-state index in [0.717, 1.165) is 23.5 Å². The smallest absolute Gasteiger partial charge is 0.256 e. The molecule has 1 aliphatic rings. The first-order valence-corrected chi connectivity index (χ1v) is 7.72. The average molecular weight is 330 g/mol. The lowest BCUT2D eigenvalue weighted by Gasteiger charge is -2.27. The van der Waals surface area contributed by atoms with Gasteiger partial charge in [-0.05, 0) is 19.1 Å². The Bertz CT molecular complexity index is 973. The van der Waals surface area contributed by atoms with Gasteiger partial charge in [0, 0.05) is 31.4 Å². The fourth-order valence-electron chi connectivity index (χ4n) is 3.46. The summed E-state index contributed by atoms with van der Waals surface area (Å²) in [7, 11) is 1.67. The molecular formula is C17H16F2N4O. The largest absolute Gasteiger partial charge is 0.348 e. The van der Waals surface area contributed by atoms with Gasteiger partial charge in [0.15, 0.2) is 0 Å². The third-order valence-electron chi connectivity index (χ3n) is 4.75. The maximum Gasteiger partial charge on any atom is 0.256 e. The van der Waals surface area contributed by atoms with Gasteiger partial charge in [0.2, 0.25) is 0 Å². The number of carbonyl (C=O) groups excluding carboxylic acids is 1. The molecule has 3 aromatic rings. The molecule has 7 heteroatoms. The van der Waals surface area contributed by atoms with E-state index in [9.17, 15) is 13.6 Å². The van der Waals surface area contributed by atoms with Gasteiger partial charge in [-0.3, -0.25) is 4.79 Å². The lowest BCUT2D eigenvalue weighted by molar-refractivity contribution is 0.0725. The van der Waals surface area contributed by atoms with Crippen LogP contribution in [0.1, 0.15) is 27.4 Å². The number of rotatable bonds is 2. The molecule has 124 valence electrons. The Morgan fingerprint density at radius 2 is 2.04 bits per heavy atom. The quantitative estimate of drug-likeness (QED) is 0.785. The Morgan fingerprint density at radius 1 is 1.29 bits per heavy atom. The number of H-pyrrole nitrogens is 1. The third kappa shape index (κ3) is 1.97. The lowest BCUT2D eigenvalue weighted by atomic mass is 10.0. The van der Waals surface area contributed by atoms with Crippen molar-refractivity contribution in [3.8, 4) is 0 Å². The number of carbonyl (C=O) groups is 1. The molecule has 0 radical (unpaired) electrons. The third-order valence-corrected chi connectivity index (χ3v) is 4.75. The predicted octanol–water partition coefficient (Wildman–Crippen LogP) is 2.69. The Morgan fingerprint density at radius 3 is 2.75 bits per heavy atom. The number of fused-ring (bicyclic) bond motifs is 3. The number of aromatic amines is 1. The van der Waals surface area contributed by atoms with Gasteiger partial charge < -0.3 is 14.5 Å². The Hall–Kier alpha value is -2.70. The summed E-state index contributed by atoms with van der Waals surface area (Å²) in [6.45, 7) is 2.72. The van der Waals surface area contributed by atoms with Crippen LogP contribution in [0.5, 0.6) is 0 Å². The van der Waals surface area contributed by atoms with Gasteiger partial charge >= 0.3 is 0 Å². The maximum atomic E-state index is 14.3. The predicted molar refractivity (Wildman–Crippen MR) is 84.6 cm³/mol. The molecule has 1 aliphatic heterocycles. The minimum Gasteiger partial charge on any atom is -0.348 e. The number of hydrogen-bond donors (Lipinski definition) is 1. The monoisotopic (exact) mass is 330 g/mol. The zero-order valence-electron chi connectivity index (χ0n) is 13.4. The van der Waals surface area contributed by atoms with E-state index in [4.69, 9.17) is 0 Å². The molecule has 0 fully saturated rings. The van der Waals surface area contributed by atoms with Crippen LogP contribution in [0, 0.1) is 18.6 Å². The van der Waals surface area contributed by atoms with Gasteiger partial charge in [0.1, 0.15) is 11.6 Å². The lowest BCUT2D eigenvalue weighted by Crippen LogP contribution is -2.37. The molecule has 0 aliphatic carbocycles. The van der Waals surface area contributed by atoms with Crippen molar-refractivity contribution in [1.29, 1.82) is 0 Å². The van der Waals surface area contributed by atoms with Crippen LogP contribution in [0.3, 0.4) is 0 Å². The molecule has 1 N–H and O–H groups in total. The molecule has 1 aromatic carbocycles. The maximum absolute atomic E-state index is 14.3. The van der Waals surface area contributed by atoms with E-state index in [1.807, 2.05) is 6.92 Å². The van der Waals surface area contributed by atoms with Gasteiger partial charge in [0.05, 0.1) is 35.0 Å². The fourth-order valence-corrected chi connectivity index (χ4v) is 3.46. The summed E-state index contributed by atoms with van der Waals surface area (Å²) in [5.41, 5.74) is 2.76. The highest BCUT2D eigenvalue weighted by Gasteiger charge is 2.32. The Kier molecular flexibility index (Phi) is 3.19. The van der Waals surface area contributed by atoms with E-state index in [-0.39, 0.29) is 22.4 Å². The van der Waals surface area contributed by atoms with Crippen molar-refractivity contribution >= 4 is 16.8 Å². The van der Waals surface area contributed by atoms with Crippen molar-refractivity contribution in [3.63, 3.8) is 0 Å². The van der Waals surface area contributed by atoms with Crippen molar-refractivity contribution in [2.24, 2.45) is 7.05 Å². The highest BCUT2D eigenvalue weighted by molar-refractivity contribution is 6.09. The molecule has 0 bridgehead atoms. The number of hydrogen-bond acceptors (Lipinski definition) is 2. The van der Waals surface area contributed by atoms with Crippen molar-refractivity contribution in [2.75, 3.05) is 6.54 Å². The van der Waals surface area contributed by atoms with Crippen LogP contribution in [-0.2, 0) is 20.0 Å². The molecular weight excluding hydrogens is 314 g/mol. The zero-order chi connectivity index (χ0) is 17.0. The SMILES string of the molecule is Cc1[nH]cnc1CN1CCc2c(c3c(F)ccc(F)c3n2C)C1=O. The highest BCUT2D eigenvalue weighted by atomic mass is 19.1. The summed E-state index contributed by atoms with van der Waals surface area (Å²) in [6, 6.07) is 2.17. The molecule has 1 amide bonds. The zero-order valence-corrected chi connectivity index (χ0v) is 13.4. The summed E-state index contributed by atoms with van der Waals surface area (Å²) in [6.07, 6.45) is 2.13. The number of imidazole rings is 1. The Balaban J connectivity index is 1.84. The average Bonchev–Trinajstić information content (AvgIpc) is 3.09. The van der Waals surface area contributed by atoms with E-state index in [1.165, 1.54) is 0 Å². The van der Waals surface area contributed by atoms with Crippen molar-refractivity contribution in [1.82, 2.24) is 19.4 Å². The molecule has 24 heavy (non-hydrogen) atoms. The number of nitrogens with zero attached hydrogens (tertiary/aromatic N) is 3. The summed E-state index contributed by atoms with van der Waals surface area (Å²) in [4.78, 5) is 21.8. The molecule has 4 rings (SSSR count). The molecule has 3 heterocycles. The van der Waals surface area contributed by atoms with E-state index < -0.39 is 11.6 Å². The van der Waals surface area contributed by atoms with Gasteiger partial charge in [-0.15, -0.1) is 0 Å². The van der Waals surface area contributed by atoms with Gasteiger partial charge in [-0.2, -0.15) is 0 Å². The van der Waals surface area contributed by atoms with Crippen molar-refractivity contribution in [3.05, 3.63) is 52.7 Å². The summed E-state index contributed by atoms with van der Waals surface area (Å²) in [5, 5.41) is 0.0703. The second kappa shape index (κ2) is 5.15. The molecule has 0 saturated heterocycles. The molecule has 5 nitrogen and oxygen atoms in total. The van der Waals surface area contributed by atoms with Crippen molar-refractivity contribution < 1.29 is 13.6 Å². The van der Waals surface area contributed by atoms with Crippen molar-refractivity contribution in [2.45, 2.75) is 19.9 Å². The van der Waals surface area contributed by atoms with Crippen LogP contribution in [0.4, 0.5) is 8.78 Å². The van der Waals surface area contributed by atoms with Crippen LogP contribution in [0.25, 0.3) is 10.9 Å². The van der Waals surface area contributed by atoms with E-state index >= 15 is 0 Å². The molecule has 0 atom stereocenters. The first-order valence-electron chi connectivity index (χ1n) is 7.72. The number of halogens is 2. The Labute approximate surface area is 136 Å². The van der Waals surface area contributed by atoms with Crippen LogP contribution in [0.15, 0.2) is 18.5 Å². The number of amides is 1. The first-order chi connectivity index (χ1) is 11.5. The number of aryl methyl sites for hydroxylation is 2. The van der Waals surface area contributed by atoms with Crippen LogP contribution in [0.2, 0.25) is 0 Å². The summed E-state index contributed by atoms with van der Waals surface area (Å²) in [5.74, 6) is -1.38. The number of aromatic nitrogens is 3. The van der Waals surface area contributed by atoms with Gasteiger partial charge in [-0.25, -0.2) is 13.8 Å². The standard InChI is InChI=1S/C17H16F2N4O/c1-9-12(21-8-20-9)7-23-6-5-13-15(17(23)24)14-10(18)3-4-11(19)16(14)22(13)2/h3-4,8H,5-7H2,1-2H3,(H,20,21).